The summed E-state index contributed by atoms with van der Waals surface area (Å²) in [4.78, 5) is 35.7. The lowest BCUT2D eigenvalue weighted by Crippen LogP contribution is -2.60. The minimum absolute atomic E-state index is 0.125. The third kappa shape index (κ3) is 4.05. The Morgan fingerprint density at radius 2 is 1.96 bits per heavy atom. The maximum atomic E-state index is 11.9. The third-order valence-corrected chi connectivity index (χ3v) is 6.08. The van der Waals surface area contributed by atoms with Gasteiger partial charge in [0.2, 0.25) is 11.8 Å². The van der Waals surface area contributed by atoms with E-state index in [0.29, 0.717) is 30.7 Å². The number of imide groups is 1. The molecule has 3 aliphatic rings. The van der Waals surface area contributed by atoms with Gasteiger partial charge >= 0.3 is 6.03 Å². The van der Waals surface area contributed by atoms with E-state index < -0.39 is 0 Å². The molecular formula is C19H27N5O3. The van der Waals surface area contributed by atoms with Crippen LogP contribution in [0.4, 0.5) is 4.79 Å². The molecule has 1 atom stereocenters. The van der Waals surface area contributed by atoms with Crippen LogP contribution in [-0.2, 0) is 4.79 Å². The topological polar surface area (TPSA) is 87.7 Å². The van der Waals surface area contributed by atoms with E-state index in [1.165, 1.54) is 26.3 Å². The Kier molecular flexibility index (Phi) is 5.24. The number of hydrogen-bond acceptors (Lipinski definition) is 6. The highest BCUT2D eigenvalue weighted by Crippen LogP contribution is 2.35. The van der Waals surface area contributed by atoms with Gasteiger partial charge in [0.25, 0.3) is 0 Å². The van der Waals surface area contributed by atoms with Gasteiger partial charge in [-0.3, -0.25) is 14.6 Å². The van der Waals surface area contributed by atoms with Gasteiger partial charge in [0.15, 0.2) is 0 Å². The van der Waals surface area contributed by atoms with Crippen molar-refractivity contribution in [1.29, 1.82) is 0 Å². The summed E-state index contributed by atoms with van der Waals surface area (Å²) in [5.41, 5.74) is 1.10. The number of hydrogen-bond donors (Lipinski definition) is 1. The average Bonchev–Trinajstić information content (AvgIpc) is 2.63. The summed E-state index contributed by atoms with van der Waals surface area (Å²) in [6.45, 7) is 2.35. The summed E-state index contributed by atoms with van der Waals surface area (Å²) >= 11 is 0. The molecule has 3 amide bonds. The molecule has 2 saturated heterocycles. The number of urea groups is 1. The van der Waals surface area contributed by atoms with Crippen molar-refractivity contribution in [2.24, 2.45) is 5.92 Å². The Hall–Kier alpha value is -2.22. The van der Waals surface area contributed by atoms with Crippen LogP contribution >= 0.6 is 0 Å². The lowest BCUT2D eigenvalue weighted by molar-refractivity contribution is -0.130. The number of carbonyl (C=O) groups is 2. The van der Waals surface area contributed by atoms with Gasteiger partial charge in [-0.15, -0.1) is 0 Å². The molecule has 1 aromatic rings. The number of carbonyl (C=O) groups excluding carboxylic acids is 2. The molecule has 0 spiro atoms. The van der Waals surface area contributed by atoms with E-state index in [0.717, 1.165) is 36.5 Å². The molecule has 3 heterocycles. The highest BCUT2D eigenvalue weighted by molar-refractivity contribution is 5.96. The van der Waals surface area contributed by atoms with Crippen LogP contribution < -0.4 is 10.1 Å². The predicted octanol–water partition coefficient (Wildman–Crippen LogP) is 1.73. The first-order valence-corrected chi connectivity index (χ1v) is 9.86. The molecule has 0 radical (unpaired) electrons. The van der Waals surface area contributed by atoms with Crippen molar-refractivity contribution in [3.05, 3.63) is 18.1 Å². The Bertz CT molecular complexity index is 682. The molecule has 2 aliphatic heterocycles. The zero-order valence-corrected chi connectivity index (χ0v) is 15.8. The fourth-order valence-corrected chi connectivity index (χ4v) is 3.92. The van der Waals surface area contributed by atoms with Crippen LogP contribution in [0.25, 0.3) is 0 Å². The van der Waals surface area contributed by atoms with Crippen LogP contribution in [0.3, 0.4) is 0 Å². The van der Waals surface area contributed by atoms with Gasteiger partial charge < -0.3 is 10.1 Å². The summed E-state index contributed by atoms with van der Waals surface area (Å²) in [6, 6.07) is 1.67. The van der Waals surface area contributed by atoms with Crippen molar-refractivity contribution in [2.45, 2.75) is 50.6 Å². The largest absolute Gasteiger partial charge is 0.477 e. The second-order valence-electron chi connectivity index (χ2n) is 7.82. The van der Waals surface area contributed by atoms with Crippen molar-refractivity contribution in [3.8, 4) is 5.88 Å². The first-order valence-electron chi connectivity index (χ1n) is 9.86. The molecule has 1 unspecified atom stereocenters. The number of piperidine rings is 1. The van der Waals surface area contributed by atoms with Crippen LogP contribution in [0.1, 0.15) is 50.1 Å². The minimum atomic E-state index is -0.312. The lowest BCUT2D eigenvalue weighted by atomic mass is 9.83. The molecule has 3 fully saturated rings. The van der Waals surface area contributed by atoms with E-state index in [4.69, 9.17) is 4.74 Å². The van der Waals surface area contributed by atoms with Gasteiger partial charge in [-0.05, 0) is 31.6 Å². The summed E-state index contributed by atoms with van der Waals surface area (Å²) in [5.74, 6) is 1.58. The Labute approximate surface area is 159 Å². The van der Waals surface area contributed by atoms with Crippen molar-refractivity contribution < 1.29 is 14.3 Å². The number of aromatic nitrogens is 2. The second-order valence-corrected chi connectivity index (χ2v) is 7.82. The van der Waals surface area contributed by atoms with E-state index in [2.05, 4.69) is 20.2 Å². The summed E-state index contributed by atoms with van der Waals surface area (Å²) in [5, 5.41) is 2.91. The van der Waals surface area contributed by atoms with Gasteiger partial charge in [-0.2, -0.15) is 0 Å². The molecule has 146 valence electrons. The maximum absolute atomic E-state index is 11.9. The van der Waals surface area contributed by atoms with Crippen molar-refractivity contribution in [3.63, 3.8) is 0 Å². The van der Waals surface area contributed by atoms with Crippen LogP contribution in [0.15, 0.2) is 12.4 Å². The first kappa shape index (κ1) is 18.2. The highest BCUT2D eigenvalue weighted by atomic mass is 16.5. The molecule has 1 aliphatic carbocycles. The average molecular weight is 373 g/mol. The van der Waals surface area contributed by atoms with Gasteiger partial charge in [0.1, 0.15) is 6.33 Å². The third-order valence-electron chi connectivity index (χ3n) is 6.08. The number of amides is 3. The van der Waals surface area contributed by atoms with Crippen LogP contribution in [-0.4, -0.2) is 64.6 Å². The molecule has 1 saturated carbocycles. The van der Waals surface area contributed by atoms with Crippen molar-refractivity contribution >= 4 is 11.9 Å². The Balaban J connectivity index is 1.24. The number of ether oxygens (including phenoxy) is 1. The fraction of sp³-hybridized carbons (Fsp3) is 0.684. The molecule has 0 aromatic carbocycles. The molecule has 27 heavy (non-hydrogen) atoms. The molecule has 8 heteroatoms. The molecule has 1 N–H and O–H groups in total. The van der Waals surface area contributed by atoms with Gasteiger partial charge in [0, 0.05) is 32.1 Å². The van der Waals surface area contributed by atoms with Crippen molar-refractivity contribution in [2.75, 3.05) is 26.7 Å². The number of nitrogens with zero attached hydrogens (tertiary/aromatic N) is 4. The van der Waals surface area contributed by atoms with E-state index in [1.807, 2.05) is 6.07 Å². The molecule has 1 aromatic heterocycles. The summed E-state index contributed by atoms with van der Waals surface area (Å²) < 4.78 is 5.93. The van der Waals surface area contributed by atoms with Gasteiger partial charge in [-0.1, -0.05) is 6.42 Å². The van der Waals surface area contributed by atoms with E-state index >= 15 is 0 Å². The van der Waals surface area contributed by atoms with E-state index in [-0.39, 0.29) is 18.1 Å². The lowest BCUT2D eigenvalue weighted by Gasteiger charge is -2.40. The second kappa shape index (κ2) is 7.80. The number of rotatable bonds is 5. The van der Waals surface area contributed by atoms with Crippen molar-refractivity contribution in [1.82, 2.24) is 25.1 Å². The first-order chi connectivity index (χ1) is 13.1. The van der Waals surface area contributed by atoms with Gasteiger partial charge in [-0.25, -0.2) is 14.8 Å². The minimum Gasteiger partial charge on any atom is -0.477 e. The zero-order chi connectivity index (χ0) is 18.8. The molecule has 8 nitrogen and oxygen atoms in total. The van der Waals surface area contributed by atoms with Crippen LogP contribution in [0, 0.1) is 5.92 Å². The Morgan fingerprint density at radius 1 is 1.19 bits per heavy atom. The maximum Gasteiger partial charge on any atom is 0.325 e. The zero-order valence-electron chi connectivity index (χ0n) is 15.8. The van der Waals surface area contributed by atoms with Crippen LogP contribution in [0.2, 0.25) is 0 Å². The summed E-state index contributed by atoms with van der Waals surface area (Å²) in [7, 11) is 1.51. The number of nitrogens with one attached hydrogen (secondary N) is 1. The summed E-state index contributed by atoms with van der Waals surface area (Å²) in [6.07, 6.45) is 7.44. The Morgan fingerprint density at radius 3 is 2.63 bits per heavy atom. The monoisotopic (exact) mass is 373 g/mol. The molecule has 4 rings (SSSR count). The number of likely N-dealkylation sites (tertiary alicyclic amines) is 1. The normalized spacial score (nSPS) is 25.2. The van der Waals surface area contributed by atoms with Crippen LogP contribution in [0.5, 0.6) is 5.88 Å². The molecule has 0 bridgehead atoms. The SMILES string of the molecule is CN1C(=O)CC(N2CCC(COc3cc(C4CCC4)ncn3)CC2)NC1=O. The van der Waals surface area contributed by atoms with E-state index in [1.54, 1.807) is 6.33 Å². The van der Waals surface area contributed by atoms with E-state index in [9.17, 15) is 9.59 Å². The highest BCUT2D eigenvalue weighted by Gasteiger charge is 2.34. The van der Waals surface area contributed by atoms with Gasteiger partial charge in [0.05, 0.1) is 24.9 Å². The quantitative estimate of drug-likeness (QED) is 0.846. The predicted molar refractivity (Wildman–Crippen MR) is 98.1 cm³/mol. The smallest absolute Gasteiger partial charge is 0.325 e. The standard InChI is InChI=1S/C19H27N5O3/c1-23-18(25)10-16(22-19(23)26)24-7-5-13(6-8-24)11-27-17-9-15(20-12-21-17)14-3-2-4-14/h9,12-14,16H,2-8,10-11H2,1H3,(H,22,26). The molecular weight excluding hydrogens is 346 g/mol. The fourth-order valence-electron chi connectivity index (χ4n) is 3.92.